The monoisotopic (exact) mass is 405 g/mol. The summed E-state index contributed by atoms with van der Waals surface area (Å²) < 4.78 is 0. The Morgan fingerprint density at radius 3 is 2.50 bits per heavy atom. The molecule has 1 fully saturated rings. The fourth-order valence-corrected chi connectivity index (χ4v) is 3.69. The summed E-state index contributed by atoms with van der Waals surface area (Å²) in [5, 5.41) is 12.0. The Labute approximate surface area is 174 Å². The first kappa shape index (κ1) is 19.8. The minimum atomic E-state index is -0.922. The third-order valence-corrected chi connectivity index (χ3v) is 5.28. The van der Waals surface area contributed by atoms with E-state index in [2.05, 4.69) is 29.5 Å². The van der Waals surface area contributed by atoms with E-state index in [0.717, 1.165) is 16.0 Å². The number of nitrogens with one attached hydrogen (secondary N) is 1. The van der Waals surface area contributed by atoms with Crippen molar-refractivity contribution >= 4 is 29.1 Å². The van der Waals surface area contributed by atoms with E-state index >= 15 is 0 Å². The van der Waals surface area contributed by atoms with Crippen molar-refractivity contribution in [2.45, 2.75) is 38.8 Å². The van der Waals surface area contributed by atoms with E-state index in [1.54, 1.807) is 18.2 Å². The molecule has 2 aliphatic heterocycles. The standard InChI is InChI=1S/C22H23N5O3/c1-13(2)15-7-9-17(10-8-15)27-21(29)19-20(22(27)30)26(25-24-19)12-18(28)23-16-6-4-5-14(3)11-16/h4-11,13,19-20H,12H2,1-3H3,(H,23,28)/t19-,20+/m1/s1. The van der Waals surface area contributed by atoms with Crippen LogP contribution in [0.3, 0.4) is 0 Å². The van der Waals surface area contributed by atoms with Gasteiger partial charge in [-0.15, -0.1) is 0 Å². The number of fused-ring (bicyclic) bond motifs is 1. The van der Waals surface area contributed by atoms with Crippen molar-refractivity contribution in [1.29, 1.82) is 0 Å². The van der Waals surface area contributed by atoms with Gasteiger partial charge in [-0.2, -0.15) is 5.11 Å². The Morgan fingerprint density at radius 1 is 1.10 bits per heavy atom. The molecule has 0 spiro atoms. The molecule has 4 rings (SSSR count). The van der Waals surface area contributed by atoms with Gasteiger partial charge in [0.15, 0.2) is 12.1 Å². The summed E-state index contributed by atoms with van der Waals surface area (Å²) >= 11 is 0. The van der Waals surface area contributed by atoms with E-state index in [4.69, 9.17) is 0 Å². The van der Waals surface area contributed by atoms with Gasteiger partial charge in [0.2, 0.25) is 5.91 Å². The normalized spacial score (nSPS) is 20.3. The average Bonchev–Trinajstić information content (AvgIpc) is 3.21. The molecule has 8 nitrogen and oxygen atoms in total. The molecule has 0 aromatic heterocycles. The molecule has 2 heterocycles. The van der Waals surface area contributed by atoms with Crippen LogP contribution < -0.4 is 10.2 Å². The van der Waals surface area contributed by atoms with Gasteiger partial charge in [0.25, 0.3) is 11.8 Å². The fourth-order valence-electron chi connectivity index (χ4n) is 3.69. The number of carbonyl (C=O) groups excluding carboxylic acids is 3. The van der Waals surface area contributed by atoms with Crippen molar-refractivity contribution in [3.05, 3.63) is 59.7 Å². The van der Waals surface area contributed by atoms with E-state index < -0.39 is 23.9 Å². The van der Waals surface area contributed by atoms with Gasteiger partial charge in [-0.05, 0) is 48.2 Å². The molecule has 8 heteroatoms. The third kappa shape index (κ3) is 3.56. The predicted molar refractivity (Wildman–Crippen MR) is 112 cm³/mol. The van der Waals surface area contributed by atoms with E-state index in [1.165, 1.54) is 5.01 Å². The molecule has 30 heavy (non-hydrogen) atoms. The number of amides is 3. The fraction of sp³-hybridized carbons (Fsp3) is 0.318. The Hall–Kier alpha value is -3.55. The molecular weight excluding hydrogens is 382 g/mol. The number of hydrogen-bond acceptors (Lipinski definition) is 6. The van der Waals surface area contributed by atoms with E-state index in [0.29, 0.717) is 17.3 Å². The van der Waals surface area contributed by atoms with Crippen molar-refractivity contribution in [2.24, 2.45) is 10.3 Å². The predicted octanol–water partition coefficient (Wildman–Crippen LogP) is 3.05. The lowest BCUT2D eigenvalue weighted by Crippen LogP contribution is -2.43. The molecule has 0 aliphatic carbocycles. The largest absolute Gasteiger partial charge is 0.324 e. The van der Waals surface area contributed by atoms with Crippen molar-refractivity contribution in [3.8, 4) is 0 Å². The van der Waals surface area contributed by atoms with Crippen LogP contribution in [0.15, 0.2) is 58.9 Å². The number of carbonyl (C=O) groups is 3. The molecule has 154 valence electrons. The molecule has 3 amide bonds. The number of imide groups is 1. The Kier molecular flexibility index (Phi) is 5.07. The number of aryl methyl sites for hydroxylation is 1. The highest BCUT2D eigenvalue weighted by Gasteiger charge is 2.55. The van der Waals surface area contributed by atoms with Gasteiger partial charge in [0.05, 0.1) is 5.69 Å². The number of benzene rings is 2. The summed E-state index contributed by atoms with van der Waals surface area (Å²) in [5.41, 5.74) is 3.30. The lowest BCUT2D eigenvalue weighted by atomic mass is 10.0. The summed E-state index contributed by atoms with van der Waals surface area (Å²) in [6, 6.07) is 12.9. The van der Waals surface area contributed by atoms with Crippen molar-refractivity contribution in [1.82, 2.24) is 5.01 Å². The first-order valence-corrected chi connectivity index (χ1v) is 9.87. The second kappa shape index (κ2) is 7.70. The summed E-state index contributed by atoms with van der Waals surface area (Å²) in [4.78, 5) is 39.4. The Bertz CT molecular complexity index is 1030. The Morgan fingerprint density at radius 2 is 1.83 bits per heavy atom. The smallest absolute Gasteiger partial charge is 0.263 e. The average molecular weight is 405 g/mol. The van der Waals surface area contributed by atoms with Crippen LogP contribution in [0, 0.1) is 6.92 Å². The first-order valence-electron chi connectivity index (χ1n) is 9.87. The Balaban J connectivity index is 1.48. The van der Waals surface area contributed by atoms with Gasteiger partial charge < -0.3 is 5.32 Å². The van der Waals surface area contributed by atoms with Crippen LogP contribution in [0.25, 0.3) is 0 Å². The number of nitrogens with zero attached hydrogens (tertiary/aromatic N) is 4. The van der Waals surface area contributed by atoms with Crippen LogP contribution >= 0.6 is 0 Å². The first-order chi connectivity index (χ1) is 14.3. The molecule has 0 radical (unpaired) electrons. The van der Waals surface area contributed by atoms with Crippen LogP contribution in [0.5, 0.6) is 0 Å². The van der Waals surface area contributed by atoms with Crippen LogP contribution in [0.2, 0.25) is 0 Å². The zero-order chi connectivity index (χ0) is 21.4. The molecule has 2 aromatic carbocycles. The molecule has 2 aromatic rings. The van der Waals surface area contributed by atoms with Crippen molar-refractivity contribution < 1.29 is 14.4 Å². The zero-order valence-electron chi connectivity index (χ0n) is 17.1. The van der Waals surface area contributed by atoms with Crippen LogP contribution in [-0.2, 0) is 14.4 Å². The molecule has 0 unspecified atom stereocenters. The summed E-state index contributed by atoms with van der Waals surface area (Å²) in [7, 11) is 0. The summed E-state index contributed by atoms with van der Waals surface area (Å²) in [6.07, 6.45) is 0. The van der Waals surface area contributed by atoms with Crippen LogP contribution in [-0.4, -0.2) is 41.4 Å². The summed E-state index contributed by atoms with van der Waals surface area (Å²) in [6.45, 7) is 5.91. The highest BCUT2D eigenvalue weighted by molar-refractivity contribution is 6.25. The lowest BCUT2D eigenvalue weighted by molar-refractivity contribution is -0.123. The van der Waals surface area contributed by atoms with Crippen molar-refractivity contribution in [2.75, 3.05) is 16.8 Å². The highest BCUT2D eigenvalue weighted by atomic mass is 16.2. The molecular formula is C22H23N5O3. The topological polar surface area (TPSA) is 94.4 Å². The van der Waals surface area contributed by atoms with Gasteiger partial charge >= 0.3 is 0 Å². The van der Waals surface area contributed by atoms with E-state index in [1.807, 2.05) is 37.3 Å². The zero-order valence-corrected chi connectivity index (χ0v) is 17.1. The SMILES string of the molecule is Cc1cccc(NC(=O)CN2N=N[C@H]3C(=O)N(c4ccc(C(C)C)cc4)C(=O)[C@H]32)c1. The number of hydrogen-bond donors (Lipinski definition) is 1. The van der Waals surface area contributed by atoms with Crippen LogP contribution in [0.1, 0.15) is 30.9 Å². The van der Waals surface area contributed by atoms with Gasteiger partial charge in [-0.1, -0.05) is 43.3 Å². The molecule has 0 bridgehead atoms. The third-order valence-electron chi connectivity index (χ3n) is 5.28. The van der Waals surface area contributed by atoms with Gasteiger partial charge in [0.1, 0.15) is 6.54 Å². The van der Waals surface area contributed by atoms with Gasteiger partial charge in [0, 0.05) is 5.69 Å². The maximum absolute atomic E-state index is 13.0. The van der Waals surface area contributed by atoms with E-state index in [9.17, 15) is 14.4 Å². The summed E-state index contributed by atoms with van der Waals surface area (Å²) in [5.74, 6) is -0.830. The maximum atomic E-state index is 13.0. The second-order valence-electron chi connectivity index (χ2n) is 7.87. The van der Waals surface area contributed by atoms with Gasteiger partial charge in [-0.25, -0.2) is 4.90 Å². The highest BCUT2D eigenvalue weighted by Crippen LogP contribution is 2.32. The number of rotatable bonds is 5. The van der Waals surface area contributed by atoms with E-state index in [-0.39, 0.29) is 12.5 Å². The molecule has 0 saturated carbocycles. The quantitative estimate of drug-likeness (QED) is 0.774. The van der Waals surface area contributed by atoms with Gasteiger partial charge in [-0.3, -0.25) is 19.4 Å². The molecule has 1 saturated heterocycles. The minimum absolute atomic E-state index is 0.169. The molecule has 2 atom stereocenters. The molecule has 2 aliphatic rings. The second-order valence-corrected chi connectivity index (χ2v) is 7.87. The van der Waals surface area contributed by atoms with Crippen molar-refractivity contribution in [3.63, 3.8) is 0 Å². The molecule has 1 N–H and O–H groups in total. The maximum Gasteiger partial charge on any atom is 0.263 e. The minimum Gasteiger partial charge on any atom is -0.324 e. The number of anilines is 2. The van der Waals surface area contributed by atoms with Crippen LogP contribution in [0.4, 0.5) is 11.4 Å². The lowest BCUT2D eigenvalue weighted by Gasteiger charge is -2.20.